The third-order valence-electron chi connectivity index (χ3n) is 5.85. The van der Waals surface area contributed by atoms with E-state index in [1.165, 1.54) is 6.08 Å². The highest BCUT2D eigenvalue weighted by Gasteiger charge is 2.29. The van der Waals surface area contributed by atoms with Crippen LogP contribution in [0.3, 0.4) is 0 Å². The number of fused-ring (bicyclic) bond motifs is 1. The van der Waals surface area contributed by atoms with E-state index in [4.69, 9.17) is 0 Å². The molecule has 1 aliphatic rings. The number of benzene rings is 1. The molecule has 3 nitrogen and oxygen atoms in total. The molecule has 0 aromatic heterocycles. The van der Waals surface area contributed by atoms with Crippen LogP contribution in [0, 0.1) is 11.8 Å². The number of amides is 1. The molecule has 0 fully saturated rings. The molecule has 2 unspecified atom stereocenters. The highest BCUT2D eigenvalue weighted by molar-refractivity contribution is 6.32. The predicted molar refractivity (Wildman–Crippen MR) is 131 cm³/mol. The lowest BCUT2D eigenvalue weighted by molar-refractivity contribution is -0.110. The Kier molecular flexibility index (Phi) is 9.44. The average molecular weight is 425 g/mol. The van der Waals surface area contributed by atoms with Gasteiger partial charge in [0.05, 0.1) is 6.33 Å². The van der Waals surface area contributed by atoms with E-state index in [1.54, 1.807) is 6.08 Å². The zero-order chi connectivity index (χ0) is 23.0. The van der Waals surface area contributed by atoms with Gasteiger partial charge >= 0.3 is 0 Å². The quantitative estimate of drug-likeness (QED) is 0.317. The maximum Gasteiger partial charge on any atom is 0.256 e. The summed E-state index contributed by atoms with van der Waals surface area (Å²) >= 11 is 0. The number of carbonyl (C=O) groups is 1. The van der Waals surface area contributed by atoms with Gasteiger partial charge in [-0.3, -0.25) is 4.79 Å². The Labute approximate surface area is 187 Å². The van der Waals surface area contributed by atoms with Crippen LogP contribution in [-0.2, 0) is 4.79 Å². The predicted octanol–water partition coefficient (Wildman–Crippen LogP) is 6.90. The summed E-state index contributed by atoms with van der Waals surface area (Å²) < 4.78 is 12.4. The topological polar surface area (TPSA) is 41.1 Å². The van der Waals surface area contributed by atoms with Gasteiger partial charge in [0.15, 0.2) is 0 Å². The van der Waals surface area contributed by atoms with Crippen LogP contribution in [0.15, 0.2) is 54.9 Å². The summed E-state index contributed by atoms with van der Waals surface area (Å²) in [6.45, 7) is 13.0. The number of nitrogens with one attached hydrogen (secondary N) is 2. The van der Waals surface area contributed by atoms with Crippen molar-refractivity contribution >= 4 is 22.7 Å². The van der Waals surface area contributed by atoms with E-state index < -0.39 is 0 Å². The van der Waals surface area contributed by atoms with Crippen molar-refractivity contribution < 1.29 is 9.18 Å². The zero-order valence-corrected chi connectivity index (χ0v) is 19.7. The Morgan fingerprint density at radius 2 is 1.94 bits per heavy atom. The van der Waals surface area contributed by atoms with Gasteiger partial charge in [-0.25, -0.2) is 4.39 Å². The van der Waals surface area contributed by atoms with Crippen LogP contribution in [0.2, 0.25) is 0 Å². The van der Waals surface area contributed by atoms with Crippen LogP contribution < -0.4 is 10.6 Å². The highest BCUT2D eigenvalue weighted by atomic mass is 19.1. The molecule has 0 radical (unpaired) electrons. The van der Waals surface area contributed by atoms with Crippen LogP contribution in [-0.4, -0.2) is 18.0 Å². The number of hydrogen-bond acceptors (Lipinski definition) is 2. The molecular weight excluding hydrogens is 387 g/mol. The lowest BCUT2D eigenvalue weighted by Crippen LogP contribution is -2.36. The van der Waals surface area contributed by atoms with Gasteiger partial charge in [-0.2, -0.15) is 0 Å². The zero-order valence-electron chi connectivity index (χ0n) is 19.7. The van der Waals surface area contributed by atoms with Crippen molar-refractivity contribution in [2.75, 3.05) is 5.32 Å². The number of halogens is 1. The molecule has 0 saturated carbocycles. The summed E-state index contributed by atoms with van der Waals surface area (Å²) in [6.07, 6.45) is 11.6. The first-order valence-corrected chi connectivity index (χ1v) is 11.3. The largest absolute Gasteiger partial charge is 0.321 e. The van der Waals surface area contributed by atoms with Crippen LogP contribution >= 0.6 is 0 Å². The lowest BCUT2D eigenvalue weighted by Gasteiger charge is -2.26. The van der Waals surface area contributed by atoms with Crippen LogP contribution in [0.1, 0.15) is 65.5 Å². The van der Waals surface area contributed by atoms with E-state index in [-0.39, 0.29) is 11.9 Å². The van der Waals surface area contributed by atoms with Crippen molar-refractivity contribution in [2.24, 2.45) is 11.8 Å². The van der Waals surface area contributed by atoms with Gasteiger partial charge < -0.3 is 10.6 Å². The summed E-state index contributed by atoms with van der Waals surface area (Å²) in [5.41, 5.74) is 4.35. The third-order valence-corrected chi connectivity index (χ3v) is 5.85. The summed E-state index contributed by atoms with van der Waals surface area (Å²) in [6, 6.07) is 6.30. The first kappa shape index (κ1) is 24.8. The number of carbonyl (C=O) groups excluding carboxylic acids is 1. The summed E-state index contributed by atoms with van der Waals surface area (Å²) in [5.74, 6) is 1.09. The summed E-state index contributed by atoms with van der Waals surface area (Å²) in [5, 5.41) is 6.67. The summed E-state index contributed by atoms with van der Waals surface area (Å²) in [7, 11) is 0. The maximum absolute atomic E-state index is 13.0. The normalized spacial score (nSPS) is 17.9. The molecule has 2 N–H and O–H groups in total. The molecule has 4 heteroatoms. The number of hydrogen-bond donors (Lipinski definition) is 2. The SMILES string of the molecule is C\C=C(/C=C\C=C\F)c1cccc2c1/C(=C/C(CC(CC)C(C)C)NC(C)C)C(=O)N2. The third kappa shape index (κ3) is 6.51. The van der Waals surface area contributed by atoms with Gasteiger partial charge in [0.2, 0.25) is 0 Å². The van der Waals surface area contributed by atoms with Crippen molar-refractivity contribution in [3.63, 3.8) is 0 Å². The molecule has 1 aromatic rings. The molecule has 0 aliphatic carbocycles. The van der Waals surface area contributed by atoms with Crippen molar-refractivity contribution in [3.8, 4) is 0 Å². The Hall–Kier alpha value is -2.46. The molecule has 168 valence electrons. The second kappa shape index (κ2) is 11.8. The monoisotopic (exact) mass is 424 g/mol. The van der Waals surface area contributed by atoms with Crippen molar-refractivity contribution in [1.29, 1.82) is 0 Å². The molecule has 0 saturated heterocycles. The lowest BCUT2D eigenvalue weighted by atomic mass is 9.85. The van der Waals surface area contributed by atoms with Crippen molar-refractivity contribution in [1.82, 2.24) is 5.32 Å². The van der Waals surface area contributed by atoms with Crippen LogP contribution in [0.25, 0.3) is 11.1 Å². The van der Waals surface area contributed by atoms with E-state index >= 15 is 0 Å². The molecule has 1 amide bonds. The van der Waals surface area contributed by atoms with Crippen molar-refractivity contribution in [3.05, 3.63) is 66.0 Å². The van der Waals surface area contributed by atoms with Gasteiger partial charge in [-0.1, -0.05) is 77.5 Å². The minimum Gasteiger partial charge on any atom is -0.321 e. The minimum atomic E-state index is -0.0707. The fourth-order valence-electron chi connectivity index (χ4n) is 4.24. The fraction of sp³-hybridized carbons (Fsp3) is 0.444. The first-order chi connectivity index (χ1) is 14.8. The van der Waals surface area contributed by atoms with Crippen LogP contribution in [0.5, 0.6) is 0 Å². The second-order valence-corrected chi connectivity index (χ2v) is 8.76. The molecule has 0 spiro atoms. The highest BCUT2D eigenvalue weighted by Crippen LogP contribution is 2.38. The Balaban J connectivity index is 2.53. The van der Waals surface area contributed by atoms with Gasteiger partial charge in [0.25, 0.3) is 5.91 Å². The van der Waals surface area contributed by atoms with E-state index in [0.29, 0.717) is 29.8 Å². The van der Waals surface area contributed by atoms with Gasteiger partial charge in [-0.05, 0) is 48.5 Å². The number of allylic oxidation sites excluding steroid dienone is 5. The van der Waals surface area contributed by atoms with E-state index in [9.17, 15) is 9.18 Å². The van der Waals surface area contributed by atoms with E-state index in [0.717, 1.165) is 35.2 Å². The molecule has 2 atom stereocenters. The molecule has 2 rings (SSSR count). The minimum absolute atomic E-state index is 0.0707. The Morgan fingerprint density at radius 1 is 1.19 bits per heavy atom. The molecule has 1 heterocycles. The molecule has 1 aromatic carbocycles. The molecule has 31 heavy (non-hydrogen) atoms. The molecule has 0 bridgehead atoms. The maximum atomic E-state index is 13.0. The molecule has 1 aliphatic heterocycles. The first-order valence-electron chi connectivity index (χ1n) is 11.3. The Morgan fingerprint density at radius 3 is 2.52 bits per heavy atom. The van der Waals surface area contributed by atoms with E-state index in [1.807, 2.05) is 37.3 Å². The van der Waals surface area contributed by atoms with Gasteiger partial charge in [-0.15, -0.1) is 0 Å². The number of anilines is 1. The van der Waals surface area contributed by atoms with Gasteiger partial charge in [0, 0.05) is 28.9 Å². The Bertz CT molecular complexity index is 877. The van der Waals surface area contributed by atoms with Gasteiger partial charge in [0.1, 0.15) is 0 Å². The average Bonchev–Trinajstić information content (AvgIpc) is 3.04. The fourth-order valence-corrected chi connectivity index (χ4v) is 4.24. The number of rotatable bonds is 10. The second-order valence-electron chi connectivity index (χ2n) is 8.76. The van der Waals surface area contributed by atoms with Crippen LogP contribution in [0.4, 0.5) is 10.1 Å². The smallest absolute Gasteiger partial charge is 0.256 e. The van der Waals surface area contributed by atoms with E-state index in [2.05, 4.69) is 51.3 Å². The molecular formula is C27H37FN2O. The summed E-state index contributed by atoms with van der Waals surface area (Å²) in [4.78, 5) is 13.0. The standard InChI is InChI=1S/C27H37FN2O/c1-7-20(12-9-10-15-28)23-13-11-14-25-26(23)24(27(31)30-25)17-22(29-19(5)6)16-21(8-2)18(3)4/h7,9-15,17-19,21-22,29H,8,16H2,1-6H3,(H,30,31)/b12-9-,15-10+,20-7+,24-17-. The van der Waals surface area contributed by atoms with Crippen molar-refractivity contribution in [2.45, 2.75) is 66.5 Å².